The number of aliphatic hydroxyl groups is 1. The maximum atomic E-state index is 10.1. The number of carboxylic acids is 3. The topological polar surface area (TPSA) is 132 Å². The molecule has 0 spiro atoms. The van der Waals surface area contributed by atoms with Crippen LogP contribution < -0.4 is 0 Å². The number of aliphatic carboxylic acids is 3. The third-order valence-corrected chi connectivity index (χ3v) is 2.17. The fraction of sp³-hybridized carbons (Fsp3) is 0.750. The van der Waals surface area contributed by atoms with Crippen LogP contribution >= 0.6 is 0 Å². The van der Waals surface area contributed by atoms with Gasteiger partial charge in [0.05, 0.1) is 12.8 Å². The van der Waals surface area contributed by atoms with Gasteiger partial charge >= 0.3 is 17.9 Å². The highest BCUT2D eigenvalue weighted by Gasteiger charge is 2.11. The number of aliphatic hydroxyl groups excluding tert-OH is 1. The lowest BCUT2D eigenvalue weighted by molar-refractivity contribution is -0.147. The first-order valence-electron chi connectivity index (χ1n) is 6.15. The molecule has 0 aliphatic heterocycles. The van der Waals surface area contributed by atoms with Crippen LogP contribution in [0.5, 0.6) is 0 Å². The fourth-order valence-corrected chi connectivity index (χ4v) is 1.10. The zero-order valence-corrected chi connectivity index (χ0v) is 11.0. The van der Waals surface area contributed by atoms with Crippen molar-refractivity contribution < 1.29 is 34.8 Å². The third-order valence-electron chi connectivity index (χ3n) is 2.17. The van der Waals surface area contributed by atoms with Gasteiger partial charge in [0.2, 0.25) is 0 Å². The normalized spacial score (nSPS) is 11.1. The first-order valence-corrected chi connectivity index (χ1v) is 6.15. The lowest BCUT2D eigenvalue weighted by Gasteiger charge is -2.03. The molecular weight excluding hydrogens is 256 g/mol. The smallest absolute Gasteiger partial charge is 0.332 e. The third kappa shape index (κ3) is 18.9. The Bertz CT molecular complexity index is 261. The van der Waals surface area contributed by atoms with E-state index in [4.69, 9.17) is 20.4 Å². The quantitative estimate of drug-likeness (QED) is 0.468. The van der Waals surface area contributed by atoms with Crippen LogP contribution in [-0.2, 0) is 14.4 Å². The largest absolute Gasteiger partial charge is 0.481 e. The second-order valence-electron chi connectivity index (χ2n) is 3.99. The van der Waals surface area contributed by atoms with Crippen molar-refractivity contribution in [3.63, 3.8) is 0 Å². The van der Waals surface area contributed by atoms with E-state index >= 15 is 0 Å². The van der Waals surface area contributed by atoms with Gasteiger partial charge in [-0.2, -0.15) is 0 Å². The van der Waals surface area contributed by atoms with Crippen molar-refractivity contribution in [3.05, 3.63) is 0 Å². The molecule has 0 aromatic heterocycles. The Kier molecular flexibility index (Phi) is 13.3. The molecule has 0 radical (unpaired) electrons. The van der Waals surface area contributed by atoms with Gasteiger partial charge in [-0.1, -0.05) is 32.6 Å². The maximum absolute atomic E-state index is 10.1. The Hall–Kier alpha value is -1.63. The van der Waals surface area contributed by atoms with Gasteiger partial charge in [0.15, 0.2) is 6.10 Å². The van der Waals surface area contributed by atoms with Crippen LogP contribution in [0.2, 0.25) is 0 Å². The molecule has 0 aliphatic rings. The number of carboxylic acid groups (broad SMARTS) is 3. The highest BCUT2D eigenvalue weighted by molar-refractivity contribution is 5.75. The van der Waals surface area contributed by atoms with Crippen LogP contribution in [0.15, 0.2) is 0 Å². The van der Waals surface area contributed by atoms with Gasteiger partial charge in [-0.05, 0) is 6.42 Å². The SMILES string of the molecule is CCCCCCC(O)C(=O)O.O=C(O)CCC(=O)O. The lowest BCUT2D eigenvalue weighted by atomic mass is 10.1. The molecule has 0 aromatic rings. The Morgan fingerprint density at radius 1 is 0.895 bits per heavy atom. The molecule has 1 atom stereocenters. The predicted octanol–water partition coefficient (Wildman–Crippen LogP) is 1.34. The summed E-state index contributed by atoms with van der Waals surface area (Å²) in [6.07, 6.45) is 2.70. The minimum atomic E-state index is -1.16. The van der Waals surface area contributed by atoms with Gasteiger partial charge in [0, 0.05) is 0 Å². The van der Waals surface area contributed by atoms with Gasteiger partial charge in [0.1, 0.15) is 0 Å². The molecule has 0 rings (SSSR count). The van der Waals surface area contributed by atoms with Crippen LogP contribution in [-0.4, -0.2) is 44.4 Å². The zero-order chi connectivity index (χ0) is 15.3. The molecular formula is C12H22O7. The van der Waals surface area contributed by atoms with Crippen molar-refractivity contribution in [1.82, 2.24) is 0 Å². The van der Waals surface area contributed by atoms with Crippen LogP contribution in [0.4, 0.5) is 0 Å². The van der Waals surface area contributed by atoms with E-state index in [-0.39, 0.29) is 12.8 Å². The second-order valence-corrected chi connectivity index (χ2v) is 3.99. The average molecular weight is 278 g/mol. The average Bonchev–Trinajstić information content (AvgIpc) is 2.32. The minimum absolute atomic E-state index is 0.296. The monoisotopic (exact) mass is 278 g/mol. The minimum Gasteiger partial charge on any atom is -0.481 e. The summed E-state index contributed by atoms with van der Waals surface area (Å²) in [5.74, 6) is -3.26. The number of hydrogen-bond acceptors (Lipinski definition) is 4. The molecule has 7 nitrogen and oxygen atoms in total. The van der Waals surface area contributed by atoms with E-state index in [2.05, 4.69) is 6.92 Å². The summed E-state index contributed by atoms with van der Waals surface area (Å²) in [6, 6.07) is 0. The summed E-state index contributed by atoms with van der Waals surface area (Å²) < 4.78 is 0. The standard InChI is InChI=1S/C8H16O3.C4H6O4/c1-2-3-4-5-6-7(9)8(10)11;5-3(6)1-2-4(7)8/h7,9H,2-6H2,1H3,(H,10,11);1-2H2,(H,5,6)(H,7,8). The predicted molar refractivity (Wildman–Crippen MR) is 66.9 cm³/mol. The Morgan fingerprint density at radius 3 is 1.68 bits per heavy atom. The van der Waals surface area contributed by atoms with Crippen molar-refractivity contribution in [2.45, 2.75) is 58.0 Å². The van der Waals surface area contributed by atoms with Gasteiger partial charge in [0.25, 0.3) is 0 Å². The van der Waals surface area contributed by atoms with E-state index in [0.29, 0.717) is 6.42 Å². The van der Waals surface area contributed by atoms with E-state index in [0.717, 1.165) is 25.7 Å². The Morgan fingerprint density at radius 2 is 1.37 bits per heavy atom. The van der Waals surface area contributed by atoms with E-state index in [1.165, 1.54) is 0 Å². The number of carbonyl (C=O) groups is 3. The van der Waals surface area contributed by atoms with Crippen molar-refractivity contribution in [2.24, 2.45) is 0 Å². The Balaban J connectivity index is 0. The first-order chi connectivity index (χ1) is 8.81. The molecule has 7 heteroatoms. The summed E-state index contributed by atoms with van der Waals surface area (Å²) in [7, 11) is 0. The van der Waals surface area contributed by atoms with Crippen LogP contribution in [0.1, 0.15) is 51.9 Å². The summed E-state index contributed by atoms with van der Waals surface area (Å²) in [5.41, 5.74) is 0. The van der Waals surface area contributed by atoms with E-state index < -0.39 is 24.0 Å². The molecule has 112 valence electrons. The lowest BCUT2D eigenvalue weighted by Crippen LogP contribution is -2.18. The fourth-order valence-electron chi connectivity index (χ4n) is 1.10. The molecule has 0 fully saturated rings. The van der Waals surface area contributed by atoms with Crippen LogP contribution in [0.3, 0.4) is 0 Å². The summed E-state index contributed by atoms with van der Waals surface area (Å²) >= 11 is 0. The van der Waals surface area contributed by atoms with Crippen LogP contribution in [0, 0.1) is 0 Å². The molecule has 19 heavy (non-hydrogen) atoms. The summed E-state index contributed by atoms with van der Waals surface area (Å²) in [6.45, 7) is 2.09. The molecule has 0 aromatic carbocycles. The van der Waals surface area contributed by atoms with Crippen molar-refractivity contribution in [3.8, 4) is 0 Å². The molecule has 1 unspecified atom stereocenters. The van der Waals surface area contributed by atoms with E-state index in [9.17, 15) is 14.4 Å². The molecule has 0 aliphatic carbocycles. The molecule has 4 N–H and O–H groups in total. The van der Waals surface area contributed by atoms with Gasteiger partial charge < -0.3 is 20.4 Å². The molecule has 0 saturated heterocycles. The molecule has 0 bridgehead atoms. The first kappa shape index (κ1) is 19.7. The van der Waals surface area contributed by atoms with Gasteiger partial charge in [-0.25, -0.2) is 4.79 Å². The molecule has 0 heterocycles. The van der Waals surface area contributed by atoms with Crippen LogP contribution in [0.25, 0.3) is 0 Å². The van der Waals surface area contributed by atoms with E-state index in [1.54, 1.807) is 0 Å². The number of unbranched alkanes of at least 4 members (excludes halogenated alkanes) is 3. The van der Waals surface area contributed by atoms with Gasteiger partial charge in [-0.15, -0.1) is 0 Å². The van der Waals surface area contributed by atoms with E-state index in [1.807, 2.05) is 0 Å². The summed E-state index contributed by atoms with van der Waals surface area (Å²) in [4.78, 5) is 29.4. The maximum Gasteiger partial charge on any atom is 0.332 e. The van der Waals surface area contributed by atoms with Gasteiger partial charge in [-0.3, -0.25) is 9.59 Å². The summed E-state index contributed by atoms with van der Waals surface area (Å²) in [5, 5.41) is 32.9. The van der Waals surface area contributed by atoms with Crippen molar-refractivity contribution in [1.29, 1.82) is 0 Å². The number of rotatable bonds is 9. The highest BCUT2D eigenvalue weighted by atomic mass is 16.4. The molecule has 0 amide bonds. The highest BCUT2D eigenvalue weighted by Crippen LogP contribution is 2.05. The zero-order valence-electron chi connectivity index (χ0n) is 11.0. The number of hydrogen-bond donors (Lipinski definition) is 4. The van der Waals surface area contributed by atoms with Crippen molar-refractivity contribution >= 4 is 17.9 Å². The van der Waals surface area contributed by atoms with Crippen molar-refractivity contribution in [2.75, 3.05) is 0 Å². The molecule has 0 saturated carbocycles. The Labute approximate surface area is 111 Å². The second kappa shape index (κ2) is 12.8.